The van der Waals surface area contributed by atoms with Crippen molar-refractivity contribution in [2.24, 2.45) is 5.92 Å². The van der Waals surface area contributed by atoms with E-state index in [0.717, 1.165) is 32.2 Å². The van der Waals surface area contributed by atoms with Crippen molar-refractivity contribution in [1.82, 2.24) is 10.0 Å². The van der Waals surface area contributed by atoms with E-state index < -0.39 is 10.0 Å². The molecule has 2 atom stereocenters. The SMILES string of the molecule is CC1CC(NS(=O)(=O)CC2CCCCC2)CCN1. The molecule has 0 aromatic rings. The summed E-state index contributed by atoms with van der Waals surface area (Å²) < 4.78 is 27.2. The maximum absolute atomic E-state index is 12.1. The first-order valence-corrected chi connectivity index (χ1v) is 8.94. The Bertz CT molecular complexity index is 350. The van der Waals surface area contributed by atoms with Crippen LogP contribution in [-0.4, -0.2) is 32.8 Å². The van der Waals surface area contributed by atoms with Gasteiger partial charge in [-0.1, -0.05) is 19.3 Å². The number of sulfonamides is 1. The van der Waals surface area contributed by atoms with Gasteiger partial charge in [0, 0.05) is 12.1 Å². The van der Waals surface area contributed by atoms with Gasteiger partial charge in [-0.05, 0) is 45.1 Å². The van der Waals surface area contributed by atoms with Crippen LogP contribution in [0.2, 0.25) is 0 Å². The van der Waals surface area contributed by atoms with E-state index in [1.54, 1.807) is 0 Å². The molecule has 1 heterocycles. The zero-order valence-electron chi connectivity index (χ0n) is 11.3. The first kappa shape index (κ1) is 14.3. The Labute approximate surface area is 111 Å². The summed E-state index contributed by atoms with van der Waals surface area (Å²) in [4.78, 5) is 0. The Morgan fingerprint density at radius 1 is 1.17 bits per heavy atom. The van der Waals surface area contributed by atoms with Gasteiger partial charge in [0.05, 0.1) is 5.75 Å². The van der Waals surface area contributed by atoms with Crippen molar-refractivity contribution in [3.63, 3.8) is 0 Å². The van der Waals surface area contributed by atoms with Gasteiger partial charge in [-0.2, -0.15) is 0 Å². The molecule has 0 bridgehead atoms. The van der Waals surface area contributed by atoms with E-state index in [-0.39, 0.29) is 6.04 Å². The lowest BCUT2D eigenvalue weighted by Gasteiger charge is -2.29. The maximum Gasteiger partial charge on any atom is 0.212 e. The van der Waals surface area contributed by atoms with Crippen LogP contribution in [0.5, 0.6) is 0 Å². The van der Waals surface area contributed by atoms with Gasteiger partial charge in [-0.25, -0.2) is 13.1 Å². The smallest absolute Gasteiger partial charge is 0.212 e. The molecule has 1 saturated carbocycles. The third-order valence-corrected chi connectivity index (χ3v) is 5.75. The van der Waals surface area contributed by atoms with Gasteiger partial charge in [-0.15, -0.1) is 0 Å². The highest BCUT2D eigenvalue weighted by Gasteiger charge is 2.26. The summed E-state index contributed by atoms with van der Waals surface area (Å²) in [7, 11) is -3.08. The second-order valence-corrected chi connectivity index (χ2v) is 7.78. The van der Waals surface area contributed by atoms with E-state index in [1.165, 1.54) is 19.3 Å². The lowest BCUT2D eigenvalue weighted by atomic mass is 9.91. The quantitative estimate of drug-likeness (QED) is 0.819. The molecule has 0 amide bonds. The third kappa shape index (κ3) is 4.52. The molecule has 2 fully saturated rings. The molecule has 1 saturated heterocycles. The molecule has 2 rings (SSSR count). The number of nitrogens with one attached hydrogen (secondary N) is 2. The molecule has 0 aromatic carbocycles. The largest absolute Gasteiger partial charge is 0.314 e. The van der Waals surface area contributed by atoms with Crippen LogP contribution in [0.25, 0.3) is 0 Å². The highest BCUT2D eigenvalue weighted by molar-refractivity contribution is 7.89. The van der Waals surface area contributed by atoms with Gasteiger partial charge >= 0.3 is 0 Å². The third-order valence-electron chi connectivity index (χ3n) is 4.15. The van der Waals surface area contributed by atoms with Crippen molar-refractivity contribution in [3.8, 4) is 0 Å². The molecule has 0 radical (unpaired) electrons. The van der Waals surface area contributed by atoms with E-state index in [4.69, 9.17) is 0 Å². The molecule has 5 heteroatoms. The first-order chi connectivity index (χ1) is 8.55. The van der Waals surface area contributed by atoms with Gasteiger partial charge in [0.1, 0.15) is 0 Å². The van der Waals surface area contributed by atoms with Crippen molar-refractivity contribution < 1.29 is 8.42 Å². The summed E-state index contributed by atoms with van der Waals surface area (Å²) in [5.41, 5.74) is 0. The number of hydrogen-bond acceptors (Lipinski definition) is 3. The Morgan fingerprint density at radius 2 is 1.89 bits per heavy atom. The fourth-order valence-electron chi connectivity index (χ4n) is 3.21. The summed E-state index contributed by atoms with van der Waals surface area (Å²) in [5, 5.41) is 3.34. The lowest BCUT2D eigenvalue weighted by molar-refractivity contribution is 0.356. The van der Waals surface area contributed by atoms with Crippen LogP contribution in [0.15, 0.2) is 0 Å². The van der Waals surface area contributed by atoms with Crippen molar-refractivity contribution in [3.05, 3.63) is 0 Å². The summed E-state index contributed by atoms with van der Waals surface area (Å²) >= 11 is 0. The minimum Gasteiger partial charge on any atom is -0.314 e. The lowest BCUT2D eigenvalue weighted by Crippen LogP contribution is -2.47. The van der Waals surface area contributed by atoms with E-state index >= 15 is 0 Å². The standard InChI is InChI=1S/C13H26N2O2S/c1-11-9-13(7-8-14-11)15-18(16,17)10-12-5-3-2-4-6-12/h11-15H,2-10H2,1H3. The van der Waals surface area contributed by atoms with E-state index in [9.17, 15) is 8.42 Å². The molecule has 106 valence electrons. The van der Waals surface area contributed by atoms with Gasteiger partial charge < -0.3 is 5.32 Å². The van der Waals surface area contributed by atoms with Crippen molar-refractivity contribution >= 4 is 10.0 Å². The molecule has 0 aromatic heterocycles. The van der Waals surface area contributed by atoms with Crippen LogP contribution in [0.3, 0.4) is 0 Å². The molecule has 2 unspecified atom stereocenters. The van der Waals surface area contributed by atoms with Crippen LogP contribution in [-0.2, 0) is 10.0 Å². The van der Waals surface area contributed by atoms with Crippen LogP contribution in [0.1, 0.15) is 51.9 Å². The average Bonchev–Trinajstić information content (AvgIpc) is 2.28. The number of piperidine rings is 1. The summed E-state index contributed by atoms with van der Waals surface area (Å²) in [6.45, 7) is 3.03. The molecule has 1 aliphatic carbocycles. The minimum absolute atomic E-state index is 0.134. The molecule has 2 N–H and O–H groups in total. The number of hydrogen-bond donors (Lipinski definition) is 2. The summed E-state index contributed by atoms with van der Waals surface area (Å²) in [6.07, 6.45) is 7.66. The molecule has 1 aliphatic heterocycles. The zero-order valence-corrected chi connectivity index (χ0v) is 12.1. The molecular weight excluding hydrogens is 248 g/mol. The van der Waals surface area contributed by atoms with Gasteiger partial charge in [0.25, 0.3) is 0 Å². The topological polar surface area (TPSA) is 58.2 Å². The Balaban J connectivity index is 1.82. The molecule has 4 nitrogen and oxygen atoms in total. The normalized spacial score (nSPS) is 31.4. The van der Waals surface area contributed by atoms with Crippen molar-refractivity contribution in [2.45, 2.75) is 64.0 Å². The Kier molecular flexibility index (Phi) is 5.04. The van der Waals surface area contributed by atoms with Crippen LogP contribution in [0.4, 0.5) is 0 Å². The molecule has 0 spiro atoms. The highest BCUT2D eigenvalue weighted by atomic mass is 32.2. The second-order valence-electron chi connectivity index (χ2n) is 5.98. The number of rotatable bonds is 4. The van der Waals surface area contributed by atoms with E-state index in [1.807, 2.05) is 0 Å². The van der Waals surface area contributed by atoms with Gasteiger partial charge in [-0.3, -0.25) is 0 Å². The predicted octanol–water partition coefficient (Wildman–Crippen LogP) is 1.63. The van der Waals surface area contributed by atoms with Crippen molar-refractivity contribution in [2.75, 3.05) is 12.3 Å². The van der Waals surface area contributed by atoms with Crippen LogP contribution in [0, 0.1) is 5.92 Å². The second kappa shape index (κ2) is 6.35. The Morgan fingerprint density at radius 3 is 2.56 bits per heavy atom. The predicted molar refractivity (Wildman–Crippen MR) is 74.0 cm³/mol. The fourth-order valence-corrected chi connectivity index (χ4v) is 4.98. The first-order valence-electron chi connectivity index (χ1n) is 7.28. The Hall–Kier alpha value is -0.130. The molecular formula is C13H26N2O2S. The highest BCUT2D eigenvalue weighted by Crippen LogP contribution is 2.25. The average molecular weight is 274 g/mol. The van der Waals surface area contributed by atoms with Gasteiger partial charge in [0.2, 0.25) is 10.0 Å². The maximum atomic E-state index is 12.1. The summed E-state index contributed by atoms with van der Waals surface area (Å²) in [5.74, 6) is 0.723. The van der Waals surface area contributed by atoms with Crippen molar-refractivity contribution in [1.29, 1.82) is 0 Å². The summed E-state index contributed by atoms with van der Waals surface area (Å²) in [6, 6.07) is 0.552. The fraction of sp³-hybridized carbons (Fsp3) is 1.00. The monoisotopic (exact) mass is 274 g/mol. The van der Waals surface area contributed by atoms with Crippen LogP contribution >= 0.6 is 0 Å². The van der Waals surface area contributed by atoms with E-state index in [0.29, 0.717) is 17.7 Å². The molecule has 2 aliphatic rings. The van der Waals surface area contributed by atoms with Gasteiger partial charge in [0.15, 0.2) is 0 Å². The van der Waals surface area contributed by atoms with E-state index in [2.05, 4.69) is 17.0 Å². The minimum atomic E-state index is -3.08. The van der Waals surface area contributed by atoms with Crippen LogP contribution < -0.4 is 10.0 Å². The molecule has 18 heavy (non-hydrogen) atoms. The zero-order chi connectivity index (χ0) is 13.0.